The Balaban J connectivity index is -0.000000413. The molecule has 0 bridgehead atoms. The fraction of sp³-hybridized carbons (Fsp3) is 0.585. The van der Waals surface area contributed by atoms with Crippen molar-refractivity contribution in [1.29, 1.82) is 0 Å². The van der Waals surface area contributed by atoms with Crippen LogP contribution in [0.15, 0.2) is 134 Å². The lowest BCUT2D eigenvalue weighted by Gasteiger charge is -2.33. The number of hydrogen-bond acceptors (Lipinski definition) is 13. The Labute approximate surface area is 490 Å². The highest BCUT2D eigenvalue weighted by molar-refractivity contribution is 7.79. The van der Waals surface area contributed by atoms with Crippen LogP contribution in [0.2, 0.25) is 0 Å². The van der Waals surface area contributed by atoms with E-state index >= 15 is 0 Å². The van der Waals surface area contributed by atoms with Gasteiger partial charge < -0.3 is 29.4 Å². The normalized spacial score (nSPS) is 15.4. The average molecular weight is 1120 g/mol. The van der Waals surface area contributed by atoms with Crippen LogP contribution in [-0.2, 0) is 21.9 Å². The lowest BCUT2D eigenvalue weighted by atomic mass is 10.2. The highest BCUT2D eigenvalue weighted by Gasteiger charge is 2.17. The lowest BCUT2D eigenvalue weighted by molar-refractivity contribution is -0.0728. The van der Waals surface area contributed by atoms with E-state index in [0.717, 1.165) is 83.6 Å². The Morgan fingerprint density at radius 1 is 0.405 bits per heavy atom. The van der Waals surface area contributed by atoms with Crippen molar-refractivity contribution in [1.82, 2.24) is 44.5 Å². The summed E-state index contributed by atoms with van der Waals surface area (Å²) in [5.41, 5.74) is 4.11. The molecule has 0 spiro atoms. The van der Waals surface area contributed by atoms with E-state index in [0.29, 0.717) is 0 Å². The highest BCUT2D eigenvalue weighted by atomic mass is 32.2. The molecule has 4 fully saturated rings. The third-order valence-corrected chi connectivity index (χ3v) is 11.7. The summed E-state index contributed by atoms with van der Waals surface area (Å²) in [6.45, 7) is 50.6. The van der Waals surface area contributed by atoms with Gasteiger partial charge in [-0.05, 0) is 77.9 Å². The van der Waals surface area contributed by atoms with E-state index in [1.165, 1.54) is 56.1 Å². The van der Waals surface area contributed by atoms with Crippen molar-refractivity contribution in [2.45, 2.75) is 117 Å². The zero-order chi connectivity index (χ0) is 60.5. The number of pyridine rings is 1. The smallest absolute Gasteiger partial charge is 0.170 e. The van der Waals surface area contributed by atoms with Gasteiger partial charge in [-0.2, -0.15) is 9.35 Å². The summed E-state index contributed by atoms with van der Waals surface area (Å²) in [6.07, 6.45) is 6.84. The van der Waals surface area contributed by atoms with Gasteiger partial charge in [0.05, 0.1) is 0 Å². The Kier molecular flexibility index (Phi) is 60.9. The number of nitrogens with zero attached hydrogens (tertiary/aromatic N) is 11. The molecule has 14 heteroatoms. The molecule has 0 aliphatic carbocycles. The van der Waals surface area contributed by atoms with Crippen LogP contribution >= 0.6 is 0 Å². The molecule has 3 aromatic carbocycles. The van der Waals surface area contributed by atoms with E-state index in [1.54, 1.807) is 29.8 Å². The van der Waals surface area contributed by atoms with Crippen LogP contribution in [-0.4, -0.2) is 188 Å². The molecule has 79 heavy (non-hydrogen) atoms. The van der Waals surface area contributed by atoms with E-state index in [-0.39, 0.29) is 0 Å². The number of piperazine rings is 4. The zero-order valence-corrected chi connectivity index (χ0v) is 55.2. The summed E-state index contributed by atoms with van der Waals surface area (Å²) in [5.74, 6) is 1.93. The van der Waals surface area contributed by atoms with Gasteiger partial charge in [-0.15, -0.1) is 0 Å². The van der Waals surface area contributed by atoms with E-state index in [2.05, 4.69) is 163 Å². The molecule has 0 N–H and O–H groups in total. The van der Waals surface area contributed by atoms with E-state index in [9.17, 15) is 4.21 Å². The molecule has 0 radical (unpaired) electrons. The zero-order valence-electron chi connectivity index (χ0n) is 54.4. The summed E-state index contributed by atoms with van der Waals surface area (Å²) >= 11 is -1.17. The van der Waals surface area contributed by atoms with Gasteiger partial charge in [-0.1, -0.05) is 187 Å². The number of anilines is 2. The van der Waals surface area contributed by atoms with E-state index < -0.39 is 11.1 Å². The third kappa shape index (κ3) is 44.8. The molecule has 2 aromatic heterocycles. The number of aromatic nitrogens is 3. The Hall–Kier alpha value is -4.64. The largest absolute Gasteiger partial charge is 0.369 e. The lowest BCUT2D eigenvalue weighted by Crippen LogP contribution is -2.44. The van der Waals surface area contributed by atoms with Crippen LogP contribution in [0.5, 0.6) is 0 Å². The first-order valence-electron chi connectivity index (χ1n) is 30.0. The van der Waals surface area contributed by atoms with Crippen molar-refractivity contribution in [2.24, 2.45) is 0 Å². The first-order valence-corrected chi connectivity index (χ1v) is 31.5. The first kappa shape index (κ1) is 80.8. The molecule has 0 saturated carbocycles. The first-order chi connectivity index (χ1) is 38.5. The van der Waals surface area contributed by atoms with Gasteiger partial charge >= 0.3 is 0 Å². The Bertz CT molecular complexity index is 1820. The molecule has 4 aliphatic rings. The average Bonchev–Trinajstić information content (AvgIpc) is 3.52. The molecule has 4 saturated heterocycles. The molecular formula is C65H119N11O2S. The minimum atomic E-state index is -1.17. The molecule has 452 valence electrons. The standard InChI is InChI=1S/C12H18N2.C11H16N2.C10H15N3.C7H8.C6H14N2O2S.C5H6N2.7C2H6/c1-13-7-9-14(10-8-13)11-12-5-3-2-4-6-12;1-12-7-9-13(10-8-12)11-5-3-2-4-6-11;1-12-6-8-13(9-7-12)10-4-2-3-5-11-10;1-7-5-3-2-4-6-7;1-7-3-5-8(6-4-7)10-11(2)9;1-5-6-3-2-4-7-5;7*1-2/h2-6H,7-11H2,1H3;2-6H,7-10H2,1H3;2-5H,6-9H2,1H3;2-6H,1H3;3-6H2,1-2H3;2-4H,1H3;7*1-2H3. The van der Waals surface area contributed by atoms with E-state index in [4.69, 9.17) is 4.28 Å². The molecule has 1 unspecified atom stereocenters. The van der Waals surface area contributed by atoms with Crippen LogP contribution in [0.4, 0.5) is 11.5 Å². The second kappa shape index (κ2) is 59.5. The van der Waals surface area contributed by atoms with Crippen molar-refractivity contribution in [3.63, 3.8) is 0 Å². The van der Waals surface area contributed by atoms with Gasteiger partial charge in [0.15, 0.2) is 11.1 Å². The fourth-order valence-corrected chi connectivity index (χ4v) is 7.49. The topological polar surface area (TPSA) is 90.9 Å². The molecule has 0 amide bonds. The van der Waals surface area contributed by atoms with Gasteiger partial charge in [0, 0.05) is 142 Å². The third-order valence-electron chi connectivity index (χ3n) is 11.3. The maximum atomic E-state index is 10.6. The predicted octanol–water partition coefficient (Wildman–Crippen LogP) is 13.1. The molecule has 13 nitrogen and oxygen atoms in total. The van der Waals surface area contributed by atoms with Crippen molar-refractivity contribution < 1.29 is 8.49 Å². The van der Waals surface area contributed by atoms with Gasteiger partial charge in [0.25, 0.3) is 0 Å². The van der Waals surface area contributed by atoms with Crippen LogP contribution < -0.4 is 9.80 Å². The van der Waals surface area contributed by atoms with Crippen molar-refractivity contribution in [2.75, 3.05) is 149 Å². The van der Waals surface area contributed by atoms with Crippen LogP contribution in [0, 0.1) is 13.8 Å². The quantitative estimate of drug-likeness (QED) is 0.162. The van der Waals surface area contributed by atoms with Crippen LogP contribution in [0.3, 0.4) is 0 Å². The minimum Gasteiger partial charge on any atom is -0.369 e. The van der Waals surface area contributed by atoms with Crippen molar-refractivity contribution in [3.8, 4) is 0 Å². The maximum Gasteiger partial charge on any atom is 0.170 e. The number of likely N-dealkylation sites (N-methyl/N-ethyl adjacent to an activating group) is 4. The van der Waals surface area contributed by atoms with Crippen LogP contribution in [0.25, 0.3) is 0 Å². The highest BCUT2D eigenvalue weighted by Crippen LogP contribution is 2.15. The summed E-state index contributed by atoms with van der Waals surface area (Å²) < 4.78 is 15.6. The molecular weight excluding hydrogens is 999 g/mol. The molecule has 5 aromatic rings. The van der Waals surface area contributed by atoms with Crippen LogP contribution in [0.1, 0.15) is 114 Å². The monoisotopic (exact) mass is 1120 g/mol. The number of aryl methyl sites for hydroxylation is 2. The maximum absolute atomic E-state index is 10.6. The van der Waals surface area contributed by atoms with Crippen molar-refractivity contribution in [3.05, 3.63) is 151 Å². The van der Waals surface area contributed by atoms with Gasteiger partial charge in [-0.3, -0.25) is 4.90 Å². The molecule has 6 heterocycles. The Morgan fingerprint density at radius 3 is 1.11 bits per heavy atom. The number of hydrogen-bond donors (Lipinski definition) is 0. The number of hydroxylamine groups is 2. The summed E-state index contributed by atoms with van der Waals surface area (Å²) in [4.78, 5) is 28.7. The molecule has 9 rings (SSSR count). The van der Waals surface area contributed by atoms with Gasteiger partial charge in [0.2, 0.25) is 0 Å². The second-order valence-corrected chi connectivity index (χ2v) is 17.8. The summed E-state index contributed by atoms with van der Waals surface area (Å²) in [6, 6.07) is 39.5. The number of rotatable bonds is 6. The molecule has 4 aliphatic heterocycles. The van der Waals surface area contributed by atoms with Gasteiger partial charge in [-0.25, -0.2) is 19.2 Å². The summed E-state index contributed by atoms with van der Waals surface area (Å²) in [5, 5.41) is 1.76. The molecule has 1 atom stereocenters. The predicted molar refractivity (Wildman–Crippen MR) is 351 cm³/mol. The van der Waals surface area contributed by atoms with E-state index in [1.807, 2.05) is 140 Å². The van der Waals surface area contributed by atoms with Crippen molar-refractivity contribution >= 4 is 22.6 Å². The Morgan fingerprint density at radius 2 is 0.759 bits per heavy atom. The fourth-order valence-electron chi connectivity index (χ4n) is 7.05. The summed E-state index contributed by atoms with van der Waals surface area (Å²) in [7, 11) is 8.61. The second-order valence-electron chi connectivity index (χ2n) is 16.8. The number of para-hydroxylation sites is 1. The number of benzene rings is 3. The van der Waals surface area contributed by atoms with Gasteiger partial charge in [0.1, 0.15) is 11.6 Å². The minimum absolute atomic E-state index is 0.822. The SMILES string of the molecule is CC.CC.CC.CC.CC.CC.CC.CN1CCN(Cc2ccccc2)CC1.CN1CCN(OS(C)=O)CC1.CN1CCN(c2ccccc2)CC1.CN1CCN(c2ccccn2)CC1.Cc1ccccc1.Cc1ncccn1.